The van der Waals surface area contributed by atoms with Gasteiger partial charge in [-0.15, -0.1) is 0 Å². The van der Waals surface area contributed by atoms with Crippen LogP contribution < -0.4 is 10.6 Å². The van der Waals surface area contributed by atoms with E-state index in [1.807, 2.05) is 19.1 Å². The lowest BCUT2D eigenvalue weighted by Crippen LogP contribution is -2.39. The molecule has 0 bridgehead atoms. The molecule has 0 aliphatic carbocycles. The summed E-state index contributed by atoms with van der Waals surface area (Å²) in [7, 11) is 0. The number of hydrogen-bond acceptors (Lipinski definition) is 3. The highest BCUT2D eigenvalue weighted by atomic mass is 79.9. The molecule has 0 radical (unpaired) electrons. The Bertz CT molecular complexity index is 463. The zero-order valence-corrected chi connectivity index (χ0v) is 11.7. The van der Waals surface area contributed by atoms with Gasteiger partial charge in [0.05, 0.1) is 6.54 Å². The molecular weight excluding hydrogens is 300 g/mol. The van der Waals surface area contributed by atoms with Gasteiger partial charge in [-0.2, -0.15) is 0 Å². The number of aryl methyl sites for hydroxylation is 1. The van der Waals surface area contributed by atoms with Crippen LogP contribution in [0.2, 0.25) is 0 Å². The Kier molecular flexibility index (Phi) is 5.30. The minimum atomic E-state index is -0.984. The molecule has 1 unspecified atom stereocenters. The molecule has 0 saturated heterocycles. The molecule has 3 N–H and O–H groups in total. The highest BCUT2D eigenvalue weighted by molar-refractivity contribution is 9.10. The van der Waals surface area contributed by atoms with Gasteiger partial charge < -0.3 is 10.4 Å². The van der Waals surface area contributed by atoms with Crippen molar-refractivity contribution in [2.24, 2.45) is 0 Å². The molecule has 0 saturated carbocycles. The van der Waals surface area contributed by atoms with Gasteiger partial charge in [-0.1, -0.05) is 15.9 Å². The normalized spacial score (nSPS) is 11.9. The van der Waals surface area contributed by atoms with Crippen LogP contribution in [0, 0.1) is 6.92 Å². The van der Waals surface area contributed by atoms with E-state index < -0.39 is 12.0 Å². The van der Waals surface area contributed by atoms with Gasteiger partial charge in [0.1, 0.15) is 6.04 Å². The summed E-state index contributed by atoms with van der Waals surface area (Å²) in [5.74, 6) is -1.25. The molecular formula is C12H15BrN2O3. The summed E-state index contributed by atoms with van der Waals surface area (Å²) >= 11 is 3.34. The van der Waals surface area contributed by atoms with E-state index in [2.05, 4.69) is 26.6 Å². The van der Waals surface area contributed by atoms with Gasteiger partial charge in [0.2, 0.25) is 5.91 Å². The van der Waals surface area contributed by atoms with E-state index >= 15 is 0 Å². The van der Waals surface area contributed by atoms with Crippen LogP contribution in [0.25, 0.3) is 0 Å². The standard InChI is InChI=1S/C12H15BrN2O3/c1-7-5-9(13)3-4-10(7)15-11(16)6-14-8(2)12(17)18/h3-5,8,14H,6H2,1-2H3,(H,15,16)(H,17,18). The molecule has 18 heavy (non-hydrogen) atoms. The molecule has 0 aliphatic rings. The first-order chi connectivity index (χ1) is 8.40. The number of carbonyl (C=O) groups is 2. The second kappa shape index (κ2) is 6.51. The number of benzene rings is 1. The Balaban J connectivity index is 2.52. The SMILES string of the molecule is Cc1cc(Br)ccc1NC(=O)CNC(C)C(=O)O. The minimum Gasteiger partial charge on any atom is -0.480 e. The number of amides is 1. The lowest BCUT2D eigenvalue weighted by molar-refractivity contribution is -0.139. The van der Waals surface area contributed by atoms with Crippen LogP contribution in [0.15, 0.2) is 22.7 Å². The maximum Gasteiger partial charge on any atom is 0.320 e. The van der Waals surface area contributed by atoms with Crippen molar-refractivity contribution in [3.8, 4) is 0 Å². The predicted octanol–water partition coefficient (Wildman–Crippen LogP) is 1.76. The summed E-state index contributed by atoms with van der Waals surface area (Å²) in [5, 5.41) is 14.0. The Labute approximate surface area is 114 Å². The summed E-state index contributed by atoms with van der Waals surface area (Å²) in [6.45, 7) is 3.33. The average molecular weight is 315 g/mol. The molecule has 1 atom stereocenters. The van der Waals surface area contributed by atoms with Gasteiger partial charge >= 0.3 is 5.97 Å². The molecule has 0 spiro atoms. The molecule has 0 heterocycles. The Morgan fingerprint density at radius 2 is 2.11 bits per heavy atom. The van der Waals surface area contributed by atoms with Crippen molar-refractivity contribution in [3.63, 3.8) is 0 Å². The molecule has 1 aromatic carbocycles. The lowest BCUT2D eigenvalue weighted by Gasteiger charge is -2.11. The van der Waals surface area contributed by atoms with Crippen molar-refractivity contribution in [1.29, 1.82) is 0 Å². The maximum absolute atomic E-state index is 11.6. The number of rotatable bonds is 5. The van der Waals surface area contributed by atoms with Crippen LogP contribution in [0.4, 0.5) is 5.69 Å². The number of nitrogens with one attached hydrogen (secondary N) is 2. The van der Waals surface area contributed by atoms with E-state index in [4.69, 9.17) is 5.11 Å². The van der Waals surface area contributed by atoms with Crippen LogP contribution >= 0.6 is 15.9 Å². The number of aliphatic carboxylic acids is 1. The van der Waals surface area contributed by atoms with Crippen molar-refractivity contribution < 1.29 is 14.7 Å². The Morgan fingerprint density at radius 3 is 2.67 bits per heavy atom. The van der Waals surface area contributed by atoms with E-state index in [0.717, 1.165) is 10.0 Å². The topological polar surface area (TPSA) is 78.4 Å². The van der Waals surface area contributed by atoms with Crippen molar-refractivity contribution in [3.05, 3.63) is 28.2 Å². The van der Waals surface area contributed by atoms with Gasteiger partial charge in [-0.05, 0) is 37.6 Å². The first kappa shape index (κ1) is 14.7. The highest BCUT2D eigenvalue weighted by Gasteiger charge is 2.12. The predicted molar refractivity (Wildman–Crippen MR) is 72.6 cm³/mol. The van der Waals surface area contributed by atoms with Crippen molar-refractivity contribution in [2.75, 3.05) is 11.9 Å². The number of carbonyl (C=O) groups excluding carboxylic acids is 1. The fourth-order valence-electron chi connectivity index (χ4n) is 1.29. The fourth-order valence-corrected chi connectivity index (χ4v) is 1.77. The quantitative estimate of drug-likeness (QED) is 0.774. The Morgan fingerprint density at radius 1 is 1.44 bits per heavy atom. The first-order valence-electron chi connectivity index (χ1n) is 5.42. The van der Waals surface area contributed by atoms with Gasteiger partial charge in [-0.3, -0.25) is 14.9 Å². The van der Waals surface area contributed by atoms with Crippen LogP contribution in [-0.4, -0.2) is 29.6 Å². The largest absolute Gasteiger partial charge is 0.480 e. The summed E-state index contributed by atoms with van der Waals surface area (Å²) in [5.41, 5.74) is 1.65. The van der Waals surface area contributed by atoms with Gasteiger partial charge in [0, 0.05) is 10.2 Å². The molecule has 0 fully saturated rings. The van der Waals surface area contributed by atoms with Crippen molar-refractivity contribution in [2.45, 2.75) is 19.9 Å². The van der Waals surface area contributed by atoms with Crippen LogP contribution in [0.3, 0.4) is 0 Å². The van der Waals surface area contributed by atoms with Gasteiger partial charge in [0.25, 0.3) is 0 Å². The zero-order valence-electron chi connectivity index (χ0n) is 10.2. The second-order valence-electron chi connectivity index (χ2n) is 3.95. The third-order valence-corrected chi connectivity index (χ3v) is 2.90. The van der Waals surface area contributed by atoms with Crippen molar-refractivity contribution in [1.82, 2.24) is 5.32 Å². The van der Waals surface area contributed by atoms with Gasteiger partial charge in [0.15, 0.2) is 0 Å². The van der Waals surface area contributed by atoms with Crippen LogP contribution in [0.5, 0.6) is 0 Å². The molecule has 1 aromatic rings. The van der Waals surface area contributed by atoms with E-state index in [-0.39, 0.29) is 12.5 Å². The van der Waals surface area contributed by atoms with Crippen molar-refractivity contribution >= 4 is 33.5 Å². The molecule has 6 heteroatoms. The first-order valence-corrected chi connectivity index (χ1v) is 6.21. The average Bonchev–Trinajstić information content (AvgIpc) is 2.29. The third-order valence-electron chi connectivity index (χ3n) is 2.40. The summed E-state index contributed by atoms with van der Waals surface area (Å²) < 4.78 is 0.940. The molecule has 98 valence electrons. The third kappa shape index (κ3) is 4.46. The molecule has 0 aromatic heterocycles. The second-order valence-corrected chi connectivity index (χ2v) is 4.86. The number of anilines is 1. The maximum atomic E-state index is 11.6. The molecule has 1 amide bonds. The number of halogens is 1. The number of hydrogen-bond donors (Lipinski definition) is 3. The Hall–Kier alpha value is -1.40. The van der Waals surface area contributed by atoms with E-state index in [0.29, 0.717) is 5.69 Å². The molecule has 1 rings (SSSR count). The van der Waals surface area contributed by atoms with Gasteiger partial charge in [-0.25, -0.2) is 0 Å². The molecule has 0 aliphatic heterocycles. The minimum absolute atomic E-state index is 0.0387. The van der Waals surface area contributed by atoms with E-state index in [9.17, 15) is 9.59 Å². The summed E-state index contributed by atoms with van der Waals surface area (Å²) in [4.78, 5) is 22.2. The van der Waals surface area contributed by atoms with Crippen LogP contribution in [-0.2, 0) is 9.59 Å². The zero-order chi connectivity index (χ0) is 13.7. The highest BCUT2D eigenvalue weighted by Crippen LogP contribution is 2.19. The summed E-state index contributed by atoms with van der Waals surface area (Å²) in [6.07, 6.45) is 0. The molecule has 5 nitrogen and oxygen atoms in total. The smallest absolute Gasteiger partial charge is 0.320 e. The van der Waals surface area contributed by atoms with E-state index in [1.54, 1.807) is 6.07 Å². The summed E-state index contributed by atoms with van der Waals surface area (Å²) in [6, 6.07) is 4.76. The number of carboxylic acids is 1. The fraction of sp³-hybridized carbons (Fsp3) is 0.333. The van der Waals surface area contributed by atoms with E-state index in [1.165, 1.54) is 6.92 Å². The lowest BCUT2D eigenvalue weighted by atomic mass is 10.2. The monoisotopic (exact) mass is 314 g/mol. The number of carboxylic acid groups (broad SMARTS) is 1. The van der Waals surface area contributed by atoms with Crippen LogP contribution in [0.1, 0.15) is 12.5 Å².